The van der Waals surface area contributed by atoms with Crippen LogP contribution in [0.1, 0.15) is 52.8 Å². The smallest absolute Gasteiger partial charge is 0.207 e. The molecule has 2 saturated heterocycles. The van der Waals surface area contributed by atoms with Crippen molar-refractivity contribution in [3.05, 3.63) is 18.1 Å². The van der Waals surface area contributed by atoms with E-state index in [1.54, 1.807) is 6.20 Å². The Morgan fingerprint density at radius 1 is 1.15 bits per heavy atom. The van der Waals surface area contributed by atoms with E-state index in [1.807, 2.05) is 30.8 Å². The van der Waals surface area contributed by atoms with Gasteiger partial charge in [-0.15, -0.1) is 5.10 Å². The third-order valence-electron chi connectivity index (χ3n) is 4.70. The average Bonchev–Trinajstić information content (AvgIpc) is 3.17. The Labute approximate surface area is 157 Å². The van der Waals surface area contributed by atoms with Gasteiger partial charge >= 0.3 is 0 Å². The van der Waals surface area contributed by atoms with Gasteiger partial charge in [-0.25, -0.2) is 14.5 Å². The monoisotopic (exact) mass is 378 g/mol. The van der Waals surface area contributed by atoms with Crippen molar-refractivity contribution in [2.24, 2.45) is 5.41 Å². The minimum Gasteiger partial charge on any atom is -0.363 e. The lowest BCUT2D eigenvalue weighted by Crippen LogP contribution is -2.32. The summed E-state index contributed by atoms with van der Waals surface area (Å²) in [7, 11) is 0. The molecular formula is C18H26N4O3S. The summed E-state index contributed by atoms with van der Waals surface area (Å²) >= 11 is 1.50. The molecule has 0 bridgehead atoms. The summed E-state index contributed by atoms with van der Waals surface area (Å²) in [6, 6.07) is 0. The van der Waals surface area contributed by atoms with Crippen molar-refractivity contribution in [3.8, 4) is 0 Å². The zero-order chi connectivity index (χ0) is 18.7. The van der Waals surface area contributed by atoms with Crippen molar-refractivity contribution in [1.82, 2.24) is 19.6 Å². The lowest BCUT2D eigenvalue weighted by molar-refractivity contribution is -0.190. The summed E-state index contributed by atoms with van der Waals surface area (Å²) in [6.45, 7) is 10.6. The van der Waals surface area contributed by atoms with Crippen LogP contribution in [0.3, 0.4) is 0 Å². The summed E-state index contributed by atoms with van der Waals surface area (Å²) < 4.78 is 20.7. The van der Waals surface area contributed by atoms with Crippen LogP contribution in [-0.4, -0.2) is 49.9 Å². The molecule has 0 radical (unpaired) electrons. The minimum atomic E-state index is -0.618. The maximum atomic E-state index is 6.45. The SMILES string of the molecule is CSc1ncc2ncc([C@@H]3O[C@H](CC(C)(C)C)[C@H]4OC(C)(C)O[C@H]43)n2n1. The molecule has 4 atom stereocenters. The molecule has 4 heterocycles. The number of imidazole rings is 1. The number of fused-ring (bicyclic) bond motifs is 2. The van der Waals surface area contributed by atoms with E-state index >= 15 is 0 Å². The fourth-order valence-electron chi connectivity index (χ4n) is 3.77. The molecular weight excluding hydrogens is 352 g/mol. The van der Waals surface area contributed by atoms with Gasteiger partial charge in [0.1, 0.15) is 18.3 Å². The fraction of sp³-hybridized carbons (Fsp3) is 0.722. The molecule has 2 aliphatic heterocycles. The van der Waals surface area contributed by atoms with Crippen LogP contribution in [0.25, 0.3) is 5.65 Å². The van der Waals surface area contributed by atoms with Crippen molar-refractivity contribution < 1.29 is 14.2 Å². The molecule has 0 aromatic carbocycles. The molecule has 0 N–H and O–H groups in total. The van der Waals surface area contributed by atoms with Gasteiger partial charge in [0.05, 0.1) is 24.2 Å². The summed E-state index contributed by atoms with van der Waals surface area (Å²) in [5.74, 6) is -0.618. The number of hydrogen-bond acceptors (Lipinski definition) is 7. The van der Waals surface area contributed by atoms with E-state index in [0.29, 0.717) is 10.8 Å². The lowest BCUT2D eigenvalue weighted by atomic mass is 9.87. The molecule has 0 saturated carbocycles. The molecule has 142 valence electrons. The van der Waals surface area contributed by atoms with Crippen LogP contribution in [-0.2, 0) is 14.2 Å². The van der Waals surface area contributed by atoms with Gasteiger partial charge in [-0.1, -0.05) is 32.5 Å². The van der Waals surface area contributed by atoms with E-state index < -0.39 is 5.79 Å². The molecule has 2 aliphatic rings. The van der Waals surface area contributed by atoms with Crippen LogP contribution in [0.2, 0.25) is 0 Å². The summed E-state index contributed by atoms with van der Waals surface area (Å²) in [6.07, 6.45) is 5.82. The van der Waals surface area contributed by atoms with Gasteiger partial charge in [-0.3, -0.25) is 0 Å². The van der Waals surface area contributed by atoms with Gasteiger partial charge in [0.15, 0.2) is 11.4 Å². The Morgan fingerprint density at radius 3 is 2.58 bits per heavy atom. The second kappa shape index (κ2) is 6.15. The number of hydrogen-bond donors (Lipinski definition) is 0. The van der Waals surface area contributed by atoms with Crippen LogP contribution >= 0.6 is 11.8 Å². The highest BCUT2D eigenvalue weighted by Crippen LogP contribution is 2.47. The molecule has 2 fully saturated rings. The molecule has 0 spiro atoms. The zero-order valence-corrected chi connectivity index (χ0v) is 16.9. The summed E-state index contributed by atoms with van der Waals surface area (Å²) in [5.41, 5.74) is 1.72. The highest BCUT2D eigenvalue weighted by atomic mass is 32.2. The molecule has 0 amide bonds. The fourth-order valence-corrected chi connectivity index (χ4v) is 4.09. The van der Waals surface area contributed by atoms with Gasteiger partial charge < -0.3 is 14.2 Å². The Morgan fingerprint density at radius 2 is 1.88 bits per heavy atom. The largest absolute Gasteiger partial charge is 0.363 e. The number of ether oxygens (including phenoxy) is 3. The maximum absolute atomic E-state index is 6.45. The predicted molar refractivity (Wildman–Crippen MR) is 98.1 cm³/mol. The van der Waals surface area contributed by atoms with E-state index in [0.717, 1.165) is 12.1 Å². The van der Waals surface area contributed by atoms with Crippen LogP contribution in [0, 0.1) is 5.41 Å². The number of aromatic nitrogens is 4. The van der Waals surface area contributed by atoms with E-state index in [1.165, 1.54) is 11.8 Å². The van der Waals surface area contributed by atoms with Crippen molar-refractivity contribution in [2.75, 3.05) is 6.26 Å². The van der Waals surface area contributed by atoms with Crippen molar-refractivity contribution in [1.29, 1.82) is 0 Å². The summed E-state index contributed by atoms with van der Waals surface area (Å²) in [4.78, 5) is 8.73. The maximum Gasteiger partial charge on any atom is 0.207 e. The Kier molecular flexibility index (Phi) is 4.30. The Bertz CT molecular complexity index is 816. The average molecular weight is 378 g/mol. The van der Waals surface area contributed by atoms with E-state index in [-0.39, 0.29) is 29.8 Å². The van der Waals surface area contributed by atoms with Crippen LogP contribution in [0.4, 0.5) is 0 Å². The first-order valence-corrected chi connectivity index (χ1v) is 10.2. The minimum absolute atomic E-state index is 0.0285. The molecule has 0 unspecified atom stereocenters. The highest BCUT2D eigenvalue weighted by Gasteiger charge is 2.56. The van der Waals surface area contributed by atoms with Gasteiger partial charge in [0.2, 0.25) is 5.16 Å². The first-order chi connectivity index (χ1) is 12.2. The second-order valence-corrected chi connectivity index (χ2v) is 9.40. The molecule has 7 nitrogen and oxygen atoms in total. The Hall–Kier alpha value is -1.22. The first-order valence-electron chi connectivity index (χ1n) is 8.93. The Balaban J connectivity index is 1.72. The molecule has 26 heavy (non-hydrogen) atoms. The van der Waals surface area contributed by atoms with Crippen LogP contribution in [0.5, 0.6) is 0 Å². The van der Waals surface area contributed by atoms with Gasteiger partial charge in [-0.05, 0) is 31.9 Å². The van der Waals surface area contributed by atoms with Crippen LogP contribution in [0.15, 0.2) is 17.6 Å². The quantitative estimate of drug-likeness (QED) is 0.759. The zero-order valence-electron chi connectivity index (χ0n) is 16.1. The van der Waals surface area contributed by atoms with Crippen LogP contribution < -0.4 is 0 Å². The summed E-state index contributed by atoms with van der Waals surface area (Å²) in [5, 5.41) is 5.27. The second-order valence-electron chi connectivity index (χ2n) is 8.62. The molecule has 0 aliphatic carbocycles. The van der Waals surface area contributed by atoms with Crippen molar-refractivity contribution >= 4 is 17.4 Å². The van der Waals surface area contributed by atoms with Gasteiger partial charge in [0.25, 0.3) is 0 Å². The third kappa shape index (κ3) is 3.24. The van der Waals surface area contributed by atoms with Crippen molar-refractivity contribution in [3.63, 3.8) is 0 Å². The topological polar surface area (TPSA) is 70.8 Å². The standard InChI is InChI=1S/C18H26N4O3S/c1-17(2,3)7-11-14-15(25-18(4,5)24-14)13(23-11)10-8-19-12-9-20-16(26-6)21-22(10)12/h8-9,11,13-15H,7H2,1-6H3/t11-,13+,14-,15+/m1/s1. The molecule has 8 heteroatoms. The van der Waals surface area contributed by atoms with E-state index in [9.17, 15) is 0 Å². The number of rotatable bonds is 3. The van der Waals surface area contributed by atoms with Gasteiger partial charge in [0, 0.05) is 0 Å². The van der Waals surface area contributed by atoms with Gasteiger partial charge in [-0.2, -0.15) is 0 Å². The lowest BCUT2D eigenvalue weighted by Gasteiger charge is -2.28. The highest BCUT2D eigenvalue weighted by molar-refractivity contribution is 7.98. The predicted octanol–water partition coefficient (Wildman–Crippen LogP) is 3.24. The van der Waals surface area contributed by atoms with E-state index in [4.69, 9.17) is 14.2 Å². The van der Waals surface area contributed by atoms with E-state index in [2.05, 4.69) is 35.8 Å². The third-order valence-corrected chi connectivity index (χ3v) is 5.26. The number of nitrogens with zero attached hydrogens (tertiary/aromatic N) is 4. The van der Waals surface area contributed by atoms with Crippen molar-refractivity contribution in [2.45, 2.75) is 76.4 Å². The molecule has 2 aromatic rings. The molecule has 4 rings (SSSR count). The number of thioether (sulfide) groups is 1. The first kappa shape index (κ1) is 18.2. The molecule has 2 aromatic heterocycles. The normalized spacial score (nSPS) is 30.8.